The molecule has 26 heavy (non-hydrogen) atoms. The Balaban J connectivity index is 2.18. The SMILES string of the molecule is COCCCN1C(=O)CS/C1=C(/C#N)C(=O)Nc1ccc(C(=O)O)cc1. The van der Waals surface area contributed by atoms with Crippen molar-refractivity contribution in [2.24, 2.45) is 0 Å². The Bertz CT molecular complexity index is 783. The van der Waals surface area contributed by atoms with E-state index in [-0.39, 0.29) is 22.8 Å². The summed E-state index contributed by atoms with van der Waals surface area (Å²) >= 11 is 1.15. The molecule has 1 aromatic carbocycles. The van der Waals surface area contributed by atoms with E-state index >= 15 is 0 Å². The summed E-state index contributed by atoms with van der Waals surface area (Å²) in [5, 5.41) is 21.2. The molecule has 0 aromatic heterocycles. The third-order valence-electron chi connectivity index (χ3n) is 3.55. The Morgan fingerprint density at radius 1 is 1.38 bits per heavy atom. The number of anilines is 1. The van der Waals surface area contributed by atoms with E-state index in [0.29, 0.717) is 30.3 Å². The normalized spacial score (nSPS) is 15.5. The van der Waals surface area contributed by atoms with Crippen molar-refractivity contribution in [2.45, 2.75) is 6.42 Å². The van der Waals surface area contributed by atoms with Gasteiger partial charge in [-0.1, -0.05) is 11.8 Å². The Morgan fingerprint density at radius 3 is 2.65 bits per heavy atom. The molecule has 2 N–H and O–H groups in total. The first-order chi connectivity index (χ1) is 12.5. The number of carbonyl (C=O) groups is 3. The highest BCUT2D eigenvalue weighted by atomic mass is 32.2. The Labute approximate surface area is 154 Å². The predicted molar refractivity (Wildman–Crippen MR) is 95.3 cm³/mol. The summed E-state index contributed by atoms with van der Waals surface area (Å²) in [5.74, 6) is -1.71. The number of thioether (sulfide) groups is 1. The van der Waals surface area contributed by atoms with Gasteiger partial charge in [0, 0.05) is 25.9 Å². The molecule has 8 nitrogen and oxygen atoms in total. The molecule has 0 atom stereocenters. The van der Waals surface area contributed by atoms with Crippen molar-refractivity contribution in [3.8, 4) is 6.07 Å². The van der Waals surface area contributed by atoms with Crippen LogP contribution in [0.5, 0.6) is 0 Å². The number of carbonyl (C=O) groups excluding carboxylic acids is 2. The quantitative estimate of drug-likeness (QED) is 0.422. The van der Waals surface area contributed by atoms with Crippen molar-refractivity contribution in [2.75, 3.05) is 31.3 Å². The molecule has 1 aromatic rings. The molecule has 9 heteroatoms. The van der Waals surface area contributed by atoms with Gasteiger partial charge in [0.1, 0.15) is 16.7 Å². The van der Waals surface area contributed by atoms with Crippen molar-refractivity contribution in [3.63, 3.8) is 0 Å². The van der Waals surface area contributed by atoms with Crippen LogP contribution in [0.4, 0.5) is 5.69 Å². The fourth-order valence-corrected chi connectivity index (χ4v) is 3.33. The molecule has 1 aliphatic rings. The van der Waals surface area contributed by atoms with Crippen molar-refractivity contribution < 1.29 is 24.2 Å². The lowest BCUT2D eigenvalue weighted by Crippen LogP contribution is -2.28. The number of nitrogens with one attached hydrogen (secondary N) is 1. The average Bonchev–Trinajstić information content (AvgIpc) is 2.97. The van der Waals surface area contributed by atoms with E-state index in [1.54, 1.807) is 7.11 Å². The van der Waals surface area contributed by atoms with E-state index in [2.05, 4.69) is 5.32 Å². The van der Waals surface area contributed by atoms with Gasteiger partial charge in [0.15, 0.2) is 0 Å². The van der Waals surface area contributed by atoms with Crippen molar-refractivity contribution in [1.29, 1.82) is 5.26 Å². The number of aromatic carboxylic acids is 1. The van der Waals surface area contributed by atoms with E-state index in [1.165, 1.54) is 29.2 Å². The maximum atomic E-state index is 12.4. The topological polar surface area (TPSA) is 120 Å². The molecule has 0 spiro atoms. The molecule has 2 rings (SSSR count). The van der Waals surface area contributed by atoms with Gasteiger partial charge in [-0.15, -0.1) is 0 Å². The summed E-state index contributed by atoms with van der Waals surface area (Å²) in [6.45, 7) is 0.826. The van der Waals surface area contributed by atoms with Gasteiger partial charge in [0.2, 0.25) is 5.91 Å². The van der Waals surface area contributed by atoms with E-state index in [0.717, 1.165) is 11.8 Å². The van der Waals surface area contributed by atoms with Crippen molar-refractivity contribution in [3.05, 3.63) is 40.4 Å². The summed E-state index contributed by atoms with van der Waals surface area (Å²) in [6, 6.07) is 7.43. The van der Waals surface area contributed by atoms with Crippen molar-refractivity contribution in [1.82, 2.24) is 4.90 Å². The first-order valence-electron chi connectivity index (χ1n) is 7.69. The molecule has 2 amide bonds. The van der Waals surface area contributed by atoms with E-state index < -0.39 is 11.9 Å². The zero-order valence-electron chi connectivity index (χ0n) is 14.0. The number of benzene rings is 1. The van der Waals surface area contributed by atoms with Crippen LogP contribution < -0.4 is 5.32 Å². The summed E-state index contributed by atoms with van der Waals surface area (Å²) in [5.41, 5.74) is 0.289. The second-order valence-corrected chi connectivity index (χ2v) is 6.27. The Kier molecular flexibility index (Phi) is 6.77. The number of carboxylic acids is 1. The van der Waals surface area contributed by atoms with Gasteiger partial charge in [0.05, 0.1) is 11.3 Å². The highest BCUT2D eigenvalue weighted by Gasteiger charge is 2.31. The molecule has 0 bridgehead atoms. The van der Waals surface area contributed by atoms with Crippen LogP contribution in [-0.4, -0.2) is 53.8 Å². The third-order valence-corrected chi connectivity index (χ3v) is 4.64. The molecule has 0 unspecified atom stereocenters. The van der Waals surface area contributed by atoms with Crippen LogP contribution in [0.1, 0.15) is 16.8 Å². The lowest BCUT2D eigenvalue weighted by Gasteiger charge is -2.18. The first-order valence-corrected chi connectivity index (χ1v) is 8.67. The first kappa shape index (κ1) is 19.5. The number of methoxy groups -OCH3 is 1. The molecular weight excluding hydrogens is 358 g/mol. The van der Waals surface area contributed by atoms with Crippen molar-refractivity contribution >= 4 is 35.2 Å². The number of nitrogens with zero attached hydrogens (tertiary/aromatic N) is 2. The smallest absolute Gasteiger partial charge is 0.335 e. The Hall–Kier alpha value is -2.83. The summed E-state index contributed by atoms with van der Waals surface area (Å²) in [6.07, 6.45) is 0.587. The second-order valence-electron chi connectivity index (χ2n) is 5.31. The highest BCUT2D eigenvalue weighted by Crippen LogP contribution is 2.32. The molecule has 0 saturated carbocycles. The summed E-state index contributed by atoms with van der Waals surface area (Å²) in [7, 11) is 1.56. The maximum absolute atomic E-state index is 12.4. The molecule has 1 fully saturated rings. The zero-order chi connectivity index (χ0) is 19.1. The van der Waals surface area contributed by atoms with Crippen LogP contribution in [0.15, 0.2) is 34.9 Å². The monoisotopic (exact) mass is 375 g/mol. The second kappa shape index (κ2) is 9.03. The number of hydrogen-bond acceptors (Lipinski definition) is 6. The Morgan fingerprint density at radius 2 is 2.08 bits per heavy atom. The van der Waals surface area contributed by atoms with E-state index in [9.17, 15) is 19.6 Å². The largest absolute Gasteiger partial charge is 0.478 e. The lowest BCUT2D eigenvalue weighted by molar-refractivity contribution is -0.125. The van der Waals surface area contributed by atoms with Crippen LogP contribution in [0.25, 0.3) is 0 Å². The average molecular weight is 375 g/mol. The number of nitriles is 1. The van der Waals surface area contributed by atoms with Gasteiger partial charge >= 0.3 is 5.97 Å². The minimum absolute atomic E-state index is 0.0862. The number of carboxylic acid groups (broad SMARTS) is 1. The lowest BCUT2D eigenvalue weighted by atomic mass is 10.2. The van der Waals surface area contributed by atoms with Crippen LogP contribution in [0.3, 0.4) is 0 Å². The number of hydrogen-bond donors (Lipinski definition) is 2. The minimum Gasteiger partial charge on any atom is -0.478 e. The molecular formula is C17H17N3O5S. The molecule has 1 saturated heterocycles. The fraction of sp³-hybridized carbons (Fsp3) is 0.294. The van der Waals surface area contributed by atoms with Crippen LogP contribution in [-0.2, 0) is 14.3 Å². The molecule has 1 aliphatic heterocycles. The molecule has 0 radical (unpaired) electrons. The number of ether oxygens (including phenoxy) is 1. The van der Waals surface area contributed by atoms with Gasteiger partial charge in [-0.05, 0) is 30.7 Å². The summed E-state index contributed by atoms with van der Waals surface area (Å²) in [4.78, 5) is 36.7. The fourth-order valence-electron chi connectivity index (χ4n) is 2.29. The molecule has 1 heterocycles. The van der Waals surface area contributed by atoms with Crippen LogP contribution >= 0.6 is 11.8 Å². The van der Waals surface area contributed by atoms with Gasteiger partial charge in [-0.25, -0.2) is 4.79 Å². The van der Waals surface area contributed by atoms with Gasteiger partial charge in [0.25, 0.3) is 5.91 Å². The van der Waals surface area contributed by atoms with Gasteiger partial charge < -0.3 is 20.1 Å². The van der Waals surface area contributed by atoms with E-state index in [1.807, 2.05) is 6.07 Å². The maximum Gasteiger partial charge on any atom is 0.335 e. The number of amides is 2. The molecule has 136 valence electrons. The predicted octanol–water partition coefficient (Wildman–Crippen LogP) is 1.67. The van der Waals surface area contributed by atoms with Crippen LogP contribution in [0.2, 0.25) is 0 Å². The molecule has 0 aliphatic carbocycles. The van der Waals surface area contributed by atoms with Crippen LogP contribution in [0, 0.1) is 11.3 Å². The standard InChI is InChI=1S/C17H17N3O5S/c1-25-8-2-7-20-14(21)10-26-16(20)13(9-18)15(22)19-12-5-3-11(4-6-12)17(23)24/h3-6H,2,7-8,10H2,1H3,(H,19,22)(H,23,24)/b16-13-. The van der Waals surface area contributed by atoms with Gasteiger partial charge in [-0.3, -0.25) is 9.59 Å². The van der Waals surface area contributed by atoms with Gasteiger partial charge in [-0.2, -0.15) is 5.26 Å². The number of rotatable bonds is 7. The minimum atomic E-state index is -1.07. The van der Waals surface area contributed by atoms with E-state index in [4.69, 9.17) is 9.84 Å². The highest BCUT2D eigenvalue weighted by molar-refractivity contribution is 8.04. The third kappa shape index (κ3) is 4.62. The zero-order valence-corrected chi connectivity index (χ0v) is 14.8. The summed E-state index contributed by atoms with van der Waals surface area (Å²) < 4.78 is 4.96.